The number of esters is 1. The summed E-state index contributed by atoms with van der Waals surface area (Å²) in [4.78, 5) is 21.0. The van der Waals surface area contributed by atoms with Gasteiger partial charge >= 0.3 is 11.7 Å². The van der Waals surface area contributed by atoms with Crippen molar-refractivity contribution in [2.24, 2.45) is 0 Å². The molecule has 6 nitrogen and oxygen atoms in total. The van der Waals surface area contributed by atoms with Crippen LogP contribution < -0.4 is 0 Å². The zero-order valence-corrected chi connectivity index (χ0v) is 8.18. The summed E-state index contributed by atoms with van der Waals surface area (Å²) < 4.78 is 4.41. The van der Waals surface area contributed by atoms with Crippen LogP contribution in [0.4, 0.5) is 5.69 Å². The van der Waals surface area contributed by atoms with Gasteiger partial charge in [-0.25, -0.2) is 4.79 Å². The van der Waals surface area contributed by atoms with Crippen LogP contribution >= 0.6 is 0 Å². The molecule has 0 bridgehead atoms. The minimum absolute atomic E-state index is 0.174. The van der Waals surface area contributed by atoms with Crippen molar-refractivity contribution in [2.75, 3.05) is 7.11 Å². The van der Waals surface area contributed by atoms with E-state index in [2.05, 4.69) is 4.74 Å². The second kappa shape index (κ2) is 3.95. The van der Waals surface area contributed by atoms with Gasteiger partial charge in [-0.15, -0.1) is 0 Å². The van der Waals surface area contributed by atoms with Gasteiger partial charge in [-0.05, 0) is 12.5 Å². The van der Waals surface area contributed by atoms with Gasteiger partial charge in [-0.3, -0.25) is 10.1 Å². The quantitative estimate of drug-likeness (QED) is 0.453. The number of hydrogen-bond acceptors (Lipinski definition) is 5. The highest BCUT2D eigenvalue weighted by atomic mass is 16.6. The molecule has 1 rings (SSSR count). The third kappa shape index (κ3) is 1.88. The molecule has 0 aliphatic carbocycles. The standard InChI is InChI=1S/C9H9NO5/c1-5-3-4-6(10(13)14)8(11)7(5)9(12)15-2/h3-4,11H,1-2H3. The summed E-state index contributed by atoms with van der Waals surface area (Å²) in [5, 5.41) is 20.0. The van der Waals surface area contributed by atoms with Gasteiger partial charge in [-0.2, -0.15) is 0 Å². The molecule has 0 spiro atoms. The predicted octanol–water partition coefficient (Wildman–Crippen LogP) is 1.40. The van der Waals surface area contributed by atoms with E-state index in [4.69, 9.17) is 0 Å². The second-order valence-corrected chi connectivity index (χ2v) is 2.87. The maximum Gasteiger partial charge on any atom is 0.342 e. The summed E-state index contributed by atoms with van der Waals surface area (Å²) in [5.74, 6) is -1.46. The molecule has 1 aromatic carbocycles. The molecule has 1 aromatic rings. The first-order valence-electron chi connectivity index (χ1n) is 4.04. The lowest BCUT2D eigenvalue weighted by atomic mass is 10.1. The first kappa shape index (κ1) is 11.0. The third-order valence-electron chi connectivity index (χ3n) is 1.95. The van der Waals surface area contributed by atoms with Gasteiger partial charge in [0.05, 0.1) is 12.0 Å². The van der Waals surface area contributed by atoms with Crippen LogP contribution in [0.3, 0.4) is 0 Å². The van der Waals surface area contributed by atoms with Crippen molar-refractivity contribution in [3.05, 3.63) is 33.4 Å². The highest BCUT2D eigenvalue weighted by molar-refractivity contribution is 5.95. The van der Waals surface area contributed by atoms with Crippen LogP contribution in [0.25, 0.3) is 0 Å². The lowest BCUT2D eigenvalue weighted by Crippen LogP contribution is -2.05. The molecular formula is C9H9NO5. The molecule has 1 N–H and O–H groups in total. The number of ether oxygens (including phenoxy) is 1. The summed E-state index contributed by atoms with van der Waals surface area (Å²) in [6, 6.07) is 2.52. The zero-order chi connectivity index (χ0) is 11.6. The Balaban J connectivity index is 3.43. The molecule has 0 aromatic heterocycles. The number of methoxy groups -OCH3 is 1. The highest BCUT2D eigenvalue weighted by Gasteiger charge is 2.23. The van der Waals surface area contributed by atoms with Crippen molar-refractivity contribution in [1.82, 2.24) is 0 Å². The average Bonchev–Trinajstić information content (AvgIpc) is 2.16. The van der Waals surface area contributed by atoms with Crippen molar-refractivity contribution in [3.63, 3.8) is 0 Å². The first-order valence-corrected chi connectivity index (χ1v) is 4.04. The van der Waals surface area contributed by atoms with E-state index >= 15 is 0 Å². The number of rotatable bonds is 2. The molecule has 0 saturated carbocycles. The van der Waals surface area contributed by atoms with Crippen LogP contribution in [-0.4, -0.2) is 23.1 Å². The van der Waals surface area contributed by atoms with Crippen molar-refractivity contribution < 1.29 is 19.6 Å². The van der Waals surface area contributed by atoms with E-state index in [0.29, 0.717) is 5.56 Å². The Morgan fingerprint density at radius 1 is 1.53 bits per heavy atom. The summed E-state index contributed by atoms with van der Waals surface area (Å²) in [6.07, 6.45) is 0. The number of nitro benzene ring substituents is 1. The third-order valence-corrected chi connectivity index (χ3v) is 1.95. The number of aryl methyl sites for hydroxylation is 1. The molecular weight excluding hydrogens is 202 g/mol. The second-order valence-electron chi connectivity index (χ2n) is 2.87. The maximum absolute atomic E-state index is 11.2. The van der Waals surface area contributed by atoms with E-state index in [0.717, 1.165) is 13.2 Å². The maximum atomic E-state index is 11.2. The molecule has 0 radical (unpaired) electrons. The molecule has 0 aliphatic rings. The summed E-state index contributed by atoms with van der Waals surface area (Å²) in [5.41, 5.74) is -0.266. The summed E-state index contributed by atoms with van der Waals surface area (Å²) >= 11 is 0. The molecule has 0 amide bonds. The Hall–Kier alpha value is -2.11. The SMILES string of the molecule is COC(=O)c1c(C)ccc([N+](=O)[O-])c1O. The van der Waals surface area contributed by atoms with Crippen molar-refractivity contribution in [1.29, 1.82) is 0 Å². The van der Waals surface area contributed by atoms with Crippen molar-refractivity contribution in [2.45, 2.75) is 6.92 Å². The Bertz CT molecular complexity index is 427. The van der Waals surface area contributed by atoms with E-state index in [-0.39, 0.29) is 5.56 Å². The fraction of sp³-hybridized carbons (Fsp3) is 0.222. The number of nitro groups is 1. The van der Waals surface area contributed by atoms with Crippen LogP contribution in [-0.2, 0) is 4.74 Å². The van der Waals surface area contributed by atoms with Crippen LogP contribution in [0.5, 0.6) is 5.75 Å². The van der Waals surface area contributed by atoms with Gasteiger partial charge < -0.3 is 9.84 Å². The van der Waals surface area contributed by atoms with Crippen LogP contribution in [0, 0.1) is 17.0 Å². The van der Waals surface area contributed by atoms with Gasteiger partial charge in [0.2, 0.25) is 5.75 Å². The van der Waals surface area contributed by atoms with E-state index in [1.807, 2.05) is 0 Å². The lowest BCUT2D eigenvalue weighted by Gasteiger charge is -2.05. The van der Waals surface area contributed by atoms with E-state index in [9.17, 15) is 20.0 Å². The monoisotopic (exact) mass is 211 g/mol. The first-order chi connectivity index (χ1) is 6.99. The number of nitrogens with zero attached hydrogens (tertiary/aromatic N) is 1. The predicted molar refractivity (Wildman–Crippen MR) is 50.8 cm³/mol. The van der Waals surface area contributed by atoms with Crippen molar-refractivity contribution >= 4 is 11.7 Å². The van der Waals surface area contributed by atoms with Crippen LogP contribution in [0.1, 0.15) is 15.9 Å². The Kier molecular flexibility index (Phi) is 2.89. The fourth-order valence-electron chi connectivity index (χ4n) is 1.19. The van der Waals surface area contributed by atoms with Crippen LogP contribution in [0.2, 0.25) is 0 Å². The van der Waals surface area contributed by atoms with Crippen molar-refractivity contribution in [3.8, 4) is 5.75 Å². The van der Waals surface area contributed by atoms with E-state index < -0.39 is 22.3 Å². The molecule has 0 saturated heterocycles. The van der Waals surface area contributed by atoms with Crippen LogP contribution in [0.15, 0.2) is 12.1 Å². The summed E-state index contributed by atoms with van der Waals surface area (Å²) in [6.45, 7) is 1.55. The number of aromatic hydroxyl groups is 1. The highest BCUT2D eigenvalue weighted by Crippen LogP contribution is 2.32. The normalized spacial score (nSPS) is 9.73. The van der Waals surface area contributed by atoms with E-state index in [1.54, 1.807) is 6.92 Å². The lowest BCUT2D eigenvalue weighted by molar-refractivity contribution is -0.385. The number of benzene rings is 1. The average molecular weight is 211 g/mol. The zero-order valence-electron chi connectivity index (χ0n) is 8.18. The van der Waals surface area contributed by atoms with Gasteiger partial charge in [-0.1, -0.05) is 6.07 Å². The molecule has 6 heteroatoms. The summed E-state index contributed by atoms with van der Waals surface area (Å²) in [7, 11) is 1.14. The van der Waals surface area contributed by atoms with E-state index in [1.165, 1.54) is 6.07 Å². The number of phenolic OH excluding ortho intramolecular Hbond substituents is 1. The molecule has 80 valence electrons. The van der Waals surface area contributed by atoms with Gasteiger partial charge in [0.25, 0.3) is 0 Å². The largest absolute Gasteiger partial charge is 0.501 e. The number of phenols is 1. The molecule has 0 fully saturated rings. The number of hydrogen-bond donors (Lipinski definition) is 1. The minimum atomic E-state index is -0.798. The minimum Gasteiger partial charge on any atom is -0.501 e. The van der Waals surface area contributed by atoms with Gasteiger partial charge in [0.1, 0.15) is 5.56 Å². The molecule has 0 atom stereocenters. The molecule has 15 heavy (non-hydrogen) atoms. The number of carbonyl (C=O) groups excluding carboxylic acids is 1. The molecule has 0 aliphatic heterocycles. The topological polar surface area (TPSA) is 89.7 Å². The molecule has 0 heterocycles. The Morgan fingerprint density at radius 3 is 2.60 bits per heavy atom. The number of carbonyl (C=O) groups is 1. The smallest absolute Gasteiger partial charge is 0.342 e. The fourth-order valence-corrected chi connectivity index (χ4v) is 1.19. The van der Waals surface area contributed by atoms with Gasteiger partial charge in [0, 0.05) is 6.07 Å². The Morgan fingerprint density at radius 2 is 2.13 bits per heavy atom. The van der Waals surface area contributed by atoms with Gasteiger partial charge in [0.15, 0.2) is 0 Å². The Labute approximate surface area is 85.2 Å². The molecule has 0 unspecified atom stereocenters.